The molecule has 0 bridgehead atoms. The molecule has 0 aliphatic carbocycles. The molecule has 0 N–H and O–H groups in total. The molecule has 2 aromatic heterocycles. The van der Waals surface area contributed by atoms with Crippen molar-refractivity contribution in [2.75, 3.05) is 26.8 Å². The number of hydrogen-bond donors (Lipinski definition) is 0. The van der Waals surface area contributed by atoms with Crippen LogP contribution in [0.1, 0.15) is 48.0 Å². The Balaban J connectivity index is 1.30. The molecule has 1 unspecified atom stereocenters. The number of thiazole rings is 1. The Bertz CT molecular complexity index is 739. The van der Waals surface area contributed by atoms with Gasteiger partial charge in [-0.05, 0) is 38.5 Å². The Morgan fingerprint density at radius 3 is 2.96 bits per heavy atom. The van der Waals surface area contributed by atoms with Gasteiger partial charge in [-0.1, -0.05) is 5.16 Å². The van der Waals surface area contributed by atoms with Crippen LogP contribution in [-0.2, 0) is 29.0 Å². The molecule has 2 aliphatic heterocycles. The van der Waals surface area contributed by atoms with E-state index >= 15 is 0 Å². The molecular weight excluding hydrogens is 364 g/mol. The third-order valence-corrected chi connectivity index (χ3v) is 6.74. The summed E-state index contributed by atoms with van der Waals surface area (Å²) in [7, 11) is 1.64. The van der Waals surface area contributed by atoms with E-state index in [4.69, 9.17) is 14.0 Å². The Morgan fingerprint density at radius 2 is 2.22 bits per heavy atom. The van der Waals surface area contributed by atoms with Gasteiger partial charge in [0, 0.05) is 44.6 Å². The van der Waals surface area contributed by atoms with Gasteiger partial charge in [-0.2, -0.15) is 4.98 Å². The molecule has 1 spiro atoms. The normalized spacial score (nSPS) is 23.1. The van der Waals surface area contributed by atoms with Crippen LogP contribution in [0.2, 0.25) is 0 Å². The van der Waals surface area contributed by atoms with Crippen LogP contribution in [0.4, 0.5) is 0 Å². The number of ether oxygens (including phenoxy) is 2. The summed E-state index contributed by atoms with van der Waals surface area (Å²) in [5.41, 5.74) is 3.14. The van der Waals surface area contributed by atoms with E-state index in [1.165, 1.54) is 10.6 Å². The fourth-order valence-electron chi connectivity index (χ4n) is 4.26. The summed E-state index contributed by atoms with van der Waals surface area (Å²) in [6.07, 6.45) is 5.18. The molecule has 2 aromatic rings. The maximum atomic E-state index is 6.30. The number of hydrogen-bond acceptors (Lipinski definition) is 8. The molecule has 4 rings (SSSR count). The molecule has 2 fully saturated rings. The van der Waals surface area contributed by atoms with E-state index in [1.807, 2.05) is 5.51 Å². The molecule has 2 aliphatic rings. The number of nitrogens with zero attached hydrogens (tertiary/aromatic N) is 4. The summed E-state index contributed by atoms with van der Waals surface area (Å²) in [5.74, 6) is 1.90. The molecular formula is C19H28N4O3S. The van der Waals surface area contributed by atoms with Crippen LogP contribution in [0.5, 0.6) is 0 Å². The van der Waals surface area contributed by atoms with Gasteiger partial charge >= 0.3 is 0 Å². The van der Waals surface area contributed by atoms with E-state index in [-0.39, 0.29) is 5.60 Å². The van der Waals surface area contributed by atoms with Gasteiger partial charge < -0.3 is 14.0 Å². The van der Waals surface area contributed by atoms with E-state index in [0.29, 0.717) is 18.3 Å². The van der Waals surface area contributed by atoms with E-state index in [1.54, 1.807) is 18.4 Å². The monoisotopic (exact) mass is 392 g/mol. The number of aromatic nitrogens is 3. The molecule has 7 nitrogen and oxygen atoms in total. The summed E-state index contributed by atoms with van der Waals surface area (Å²) in [5, 5.41) is 3.97. The highest BCUT2D eigenvalue weighted by Crippen LogP contribution is 2.39. The quantitative estimate of drug-likeness (QED) is 0.748. The SMILES string of the molecule is COCc1noc(CC2CCOC3(CCN(Cc4scnc4C)CC3)C2)n1. The van der Waals surface area contributed by atoms with Crippen molar-refractivity contribution in [3.63, 3.8) is 0 Å². The number of aryl methyl sites for hydroxylation is 1. The Morgan fingerprint density at radius 1 is 1.37 bits per heavy atom. The van der Waals surface area contributed by atoms with E-state index in [9.17, 15) is 0 Å². The number of methoxy groups -OCH3 is 1. The summed E-state index contributed by atoms with van der Waals surface area (Å²) in [4.78, 5) is 12.7. The van der Waals surface area contributed by atoms with Crippen LogP contribution in [0.3, 0.4) is 0 Å². The zero-order chi connectivity index (χ0) is 18.7. The lowest BCUT2D eigenvalue weighted by Gasteiger charge is -2.46. The van der Waals surface area contributed by atoms with Crippen molar-refractivity contribution in [2.45, 2.75) is 57.8 Å². The maximum Gasteiger partial charge on any atom is 0.227 e. The molecule has 27 heavy (non-hydrogen) atoms. The number of piperidine rings is 1. The summed E-state index contributed by atoms with van der Waals surface area (Å²) in [6.45, 7) is 6.52. The average molecular weight is 393 g/mol. The second-order valence-electron chi connectivity index (χ2n) is 7.77. The van der Waals surface area contributed by atoms with Crippen LogP contribution < -0.4 is 0 Å². The van der Waals surface area contributed by atoms with Crippen molar-refractivity contribution in [2.24, 2.45) is 5.92 Å². The summed E-state index contributed by atoms with van der Waals surface area (Å²) >= 11 is 1.76. The summed E-state index contributed by atoms with van der Waals surface area (Å²) in [6, 6.07) is 0. The van der Waals surface area contributed by atoms with Crippen molar-refractivity contribution < 1.29 is 14.0 Å². The second-order valence-corrected chi connectivity index (χ2v) is 8.71. The van der Waals surface area contributed by atoms with E-state index in [0.717, 1.165) is 64.2 Å². The number of rotatable bonds is 6. The van der Waals surface area contributed by atoms with Gasteiger partial charge in [-0.15, -0.1) is 11.3 Å². The minimum absolute atomic E-state index is 0.0253. The molecule has 8 heteroatoms. The molecule has 148 valence electrons. The van der Waals surface area contributed by atoms with Crippen LogP contribution in [0.15, 0.2) is 10.0 Å². The topological polar surface area (TPSA) is 73.5 Å². The van der Waals surface area contributed by atoms with Gasteiger partial charge in [0.2, 0.25) is 5.89 Å². The van der Waals surface area contributed by atoms with Gasteiger partial charge in [-0.3, -0.25) is 4.90 Å². The van der Waals surface area contributed by atoms with E-state index in [2.05, 4.69) is 26.9 Å². The predicted octanol–water partition coefficient (Wildman–Crippen LogP) is 2.98. The smallest absolute Gasteiger partial charge is 0.227 e. The first-order chi connectivity index (χ1) is 13.2. The highest BCUT2D eigenvalue weighted by atomic mass is 32.1. The van der Waals surface area contributed by atoms with Gasteiger partial charge in [0.25, 0.3) is 0 Å². The van der Waals surface area contributed by atoms with Crippen LogP contribution in [0.25, 0.3) is 0 Å². The minimum Gasteiger partial charge on any atom is -0.377 e. The molecule has 4 heterocycles. The molecule has 0 saturated carbocycles. The van der Waals surface area contributed by atoms with Crippen LogP contribution in [-0.4, -0.2) is 52.4 Å². The fourth-order valence-corrected chi connectivity index (χ4v) is 5.08. The lowest BCUT2D eigenvalue weighted by Crippen LogP contribution is -2.49. The van der Waals surface area contributed by atoms with E-state index < -0.39 is 0 Å². The highest BCUT2D eigenvalue weighted by molar-refractivity contribution is 7.09. The van der Waals surface area contributed by atoms with Crippen molar-refractivity contribution in [3.8, 4) is 0 Å². The molecule has 0 aromatic carbocycles. The summed E-state index contributed by atoms with van der Waals surface area (Å²) < 4.78 is 16.8. The first kappa shape index (κ1) is 19.0. The van der Waals surface area contributed by atoms with Crippen molar-refractivity contribution >= 4 is 11.3 Å². The largest absolute Gasteiger partial charge is 0.377 e. The molecule has 2 saturated heterocycles. The molecule has 0 amide bonds. The molecule has 1 atom stereocenters. The predicted molar refractivity (Wildman–Crippen MR) is 101 cm³/mol. The lowest BCUT2D eigenvalue weighted by molar-refractivity contribution is -0.128. The minimum atomic E-state index is 0.0253. The van der Waals surface area contributed by atoms with Crippen LogP contribution >= 0.6 is 11.3 Å². The van der Waals surface area contributed by atoms with Gasteiger partial charge in [0.15, 0.2) is 5.82 Å². The number of likely N-dealkylation sites (tertiary alicyclic amines) is 1. The molecule has 0 radical (unpaired) electrons. The van der Waals surface area contributed by atoms with Gasteiger partial charge in [-0.25, -0.2) is 4.98 Å². The van der Waals surface area contributed by atoms with Crippen LogP contribution in [0, 0.1) is 12.8 Å². The average Bonchev–Trinajstić information content (AvgIpc) is 3.27. The third kappa shape index (κ3) is 4.56. The standard InChI is InChI=1S/C19H28N4O3S/c1-14-16(27-13-20-14)11-23-6-4-19(5-7-23)10-15(3-8-25-19)9-18-21-17(12-24-2)22-26-18/h13,15H,3-12H2,1-2H3. The first-order valence-corrected chi connectivity index (χ1v) is 10.6. The lowest BCUT2D eigenvalue weighted by atomic mass is 9.78. The van der Waals surface area contributed by atoms with Crippen molar-refractivity contribution in [3.05, 3.63) is 27.8 Å². The second kappa shape index (κ2) is 8.34. The highest BCUT2D eigenvalue weighted by Gasteiger charge is 2.40. The van der Waals surface area contributed by atoms with Crippen molar-refractivity contribution in [1.82, 2.24) is 20.0 Å². The Hall–Kier alpha value is -1.35. The maximum absolute atomic E-state index is 6.30. The van der Waals surface area contributed by atoms with Gasteiger partial charge in [0.1, 0.15) is 6.61 Å². The first-order valence-electron chi connectivity index (χ1n) is 9.71. The zero-order valence-electron chi connectivity index (χ0n) is 16.1. The van der Waals surface area contributed by atoms with Gasteiger partial charge in [0.05, 0.1) is 16.8 Å². The van der Waals surface area contributed by atoms with Crippen molar-refractivity contribution in [1.29, 1.82) is 0 Å². The Kier molecular flexibility index (Phi) is 5.87. The zero-order valence-corrected chi connectivity index (χ0v) is 17.0. The third-order valence-electron chi connectivity index (χ3n) is 5.82. The fraction of sp³-hybridized carbons (Fsp3) is 0.737. The Labute approximate surface area is 164 Å².